The molecule has 0 atom stereocenters. The highest BCUT2D eigenvalue weighted by Gasteiger charge is 2.10. The third-order valence-electron chi connectivity index (χ3n) is 6.43. The van der Waals surface area contributed by atoms with Crippen molar-refractivity contribution in [2.45, 2.75) is 7.43 Å². The van der Waals surface area contributed by atoms with Crippen LogP contribution in [0.15, 0.2) is 150 Å². The van der Waals surface area contributed by atoms with Crippen molar-refractivity contribution in [3.63, 3.8) is 0 Å². The second kappa shape index (κ2) is 20.6. The van der Waals surface area contributed by atoms with Crippen molar-refractivity contribution >= 4 is 45.6 Å². The van der Waals surface area contributed by atoms with E-state index < -0.39 is 22.8 Å². The van der Waals surface area contributed by atoms with Gasteiger partial charge in [0.25, 0.3) is 11.4 Å². The molecule has 6 aromatic rings. The number of nitro benzene ring substituents is 2. The maximum Gasteiger partial charge on any atom is 0.488 e. The van der Waals surface area contributed by atoms with Crippen LogP contribution in [0.2, 0.25) is 0 Å². The van der Waals surface area contributed by atoms with E-state index in [9.17, 15) is 33.4 Å². The first-order valence-electron chi connectivity index (χ1n) is 14.5. The van der Waals surface area contributed by atoms with Crippen LogP contribution in [0.3, 0.4) is 0 Å². The lowest BCUT2D eigenvalue weighted by atomic mass is 9.80. The van der Waals surface area contributed by atoms with Crippen LogP contribution in [0.25, 0.3) is 22.3 Å². The molecule has 4 N–H and O–H groups in total. The van der Waals surface area contributed by atoms with Gasteiger partial charge in [-0.2, -0.15) is 0 Å². The first-order chi connectivity index (χ1) is 23.8. The van der Waals surface area contributed by atoms with Gasteiger partial charge in [0.15, 0.2) is 0 Å². The summed E-state index contributed by atoms with van der Waals surface area (Å²) < 4.78 is 38.9. The molecule has 0 fully saturated rings. The summed E-state index contributed by atoms with van der Waals surface area (Å²) in [5.41, 5.74) is 9.64. The average Bonchev–Trinajstić information content (AvgIpc) is 3.09. The lowest BCUT2D eigenvalue weighted by Gasteiger charge is -2.02. The Balaban J connectivity index is 0.000000239. The number of halogens is 4. The SMILES string of the molecule is C.Nc1cccc(-c2cccc(F)c2)c1.O=[N+]([O-])c1cccc(-c2cccc(F)c2)c1.O=[N+]([O-])c1cccc(Br)c1.OB(O)c1cccc(F)c1. The summed E-state index contributed by atoms with van der Waals surface area (Å²) in [5.74, 6) is -1.06. The number of nitro groups is 2. The zero-order chi connectivity index (χ0) is 36.6. The van der Waals surface area contributed by atoms with Crippen molar-refractivity contribution in [2.75, 3.05) is 5.73 Å². The van der Waals surface area contributed by atoms with E-state index in [0.29, 0.717) is 16.8 Å². The monoisotopic (exact) mass is 761 g/mol. The summed E-state index contributed by atoms with van der Waals surface area (Å²) in [5, 5.41) is 37.8. The molecule has 0 aliphatic heterocycles. The first-order valence-corrected chi connectivity index (χ1v) is 15.2. The number of nitrogens with zero attached hydrogens (tertiary/aromatic N) is 2. The minimum atomic E-state index is -1.59. The Morgan fingerprint density at radius 2 is 0.941 bits per heavy atom. The molecule has 9 nitrogen and oxygen atoms in total. The number of nitrogen functional groups attached to an aromatic ring is 1. The maximum absolute atomic E-state index is 13.0. The highest BCUT2D eigenvalue weighted by molar-refractivity contribution is 9.10. The molecule has 0 saturated carbocycles. The first kappa shape index (κ1) is 41.3. The number of anilines is 1. The van der Waals surface area contributed by atoms with Crippen LogP contribution < -0.4 is 11.2 Å². The Labute approximate surface area is 301 Å². The number of hydrogen-bond acceptors (Lipinski definition) is 7. The summed E-state index contributed by atoms with van der Waals surface area (Å²) >= 11 is 3.13. The summed E-state index contributed by atoms with van der Waals surface area (Å²) in [7, 11) is -1.59. The van der Waals surface area contributed by atoms with E-state index in [1.165, 1.54) is 66.7 Å². The van der Waals surface area contributed by atoms with Gasteiger partial charge >= 0.3 is 7.12 Å². The third-order valence-corrected chi connectivity index (χ3v) is 6.92. The number of nitrogens with two attached hydrogens (primary N) is 1. The van der Waals surface area contributed by atoms with Crippen molar-refractivity contribution in [1.82, 2.24) is 0 Å². The molecule has 0 saturated heterocycles. The van der Waals surface area contributed by atoms with Crippen molar-refractivity contribution in [3.05, 3.63) is 188 Å². The fourth-order valence-corrected chi connectivity index (χ4v) is 4.50. The maximum atomic E-state index is 13.0. The van der Waals surface area contributed by atoms with E-state index >= 15 is 0 Å². The lowest BCUT2D eigenvalue weighted by Crippen LogP contribution is -2.29. The predicted octanol–water partition coefficient (Wildman–Crippen LogP) is 8.97. The lowest BCUT2D eigenvalue weighted by molar-refractivity contribution is -0.385. The molecule has 0 amide bonds. The van der Waals surface area contributed by atoms with E-state index in [4.69, 9.17) is 15.8 Å². The number of rotatable bonds is 5. The number of hydrogen-bond donors (Lipinski definition) is 3. The van der Waals surface area contributed by atoms with Crippen LogP contribution in [0.4, 0.5) is 30.2 Å². The molecule has 14 heteroatoms. The van der Waals surface area contributed by atoms with Gasteiger partial charge in [0.05, 0.1) is 9.85 Å². The zero-order valence-corrected chi connectivity index (χ0v) is 27.5. The second-order valence-corrected chi connectivity index (χ2v) is 11.0. The third kappa shape index (κ3) is 14.3. The number of benzene rings is 6. The van der Waals surface area contributed by atoms with Crippen LogP contribution in [0, 0.1) is 37.7 Å². The van der Waals surface area contributed by atoms with Crippen molar-refractivity contribution < 1.29 is 33.1 Å². The number of non-ortho nitro benzene ring substituents is 2. The topological polar surface area (TPSA) is 153 Å². The molecule has 262 valence electrons. The summed E-state index contributed by atoms with van der Waals surface area (Å²) in [6.45, 7) is 0. The Morgan fingerprint density at radius 1 is 0.549 bits per heavy atom. The molecule has 0 unspecified atom stereocenters. The Hall–Kier alpha value is -5.83. The molecule has 51 heavy (non-hydrogen) atoms. The van der Waals surface area contributed by atoms with Gasteiger partial charge in [0.2, 0.25) is 0 Å². The van der Waals surface area contributed by atoms with Crippen LogP contribution in [0.1, 0.15) is 7.43 Å². The van der Waals surface area contributed by atoms with Gasteiger partial charge in [-0.25, -0.2) is 13.2 Å². The molecule has 6 aromatic carbocycles. The molecular weight excluding hydrogens is 730 g/mol. The Morgan fingerprint density at radius 3 is 1.33 bits per heavy atom. The van der Waals surface area contributed by atoms with Gasteiger partial charge in [-0.05, 0) is 82.3 Å². The average molecular weight is 762 g/mol. The van der Waals surface area contributed by atoms with Crippen LogP contribution in [0.5, 0.6) is 0 Å². The molecular formula is C37H32BBrF3N3O6. The minimum Gasteiger partial charge on any atom is -0.423 e. The summed E-state index contributed by atoms with van der Waals surface area (Å²) in [6, 6.07) is 37.4. The van der Waals surface area contributed by atoms with E-state index in [1.54, 1.807) is 42.5 Å². The van der Waals surface area contributed by atoms with Crippen LogP contribution in [-0.4, -0.2) is 27.0 Å². The molecule has 0 aromatic heterocycles. The van der Waals surface area contributed by atoms with Crippen molar-refractivity contribution in [3.8, 4) is 22.3 Å². The molecule has 0 aliphatic carbocycles. The largest absolute Gasteiger partial charge is 0.488 e. The molecule has 0 spiro atoms. The van der Waals surface area contributed by atoms with E-state index in [2.05, 4.69) is 15.9 Å². The minimum absolute atomic E-state index is 0. The van der Waals surface area contributed by atoms with E-state index in [1.807, 2.05) is 30.3 Å². The molecule has 6 rings (SSSR count). The van der Waals surface area contributed by atoms with Crippen LogP contribution >= 0.6 is 15.9 Å². The van der Waals surface area contributed by atoms with Crippen molar-refractivity contribution in [1.29, 1.82) is 0 Å². The summed E-state index contributed by atoms with van der Waals surface area (Å²) in [4.78, 5) is 19.8. The smallest absolute Gasteiger partial charge is 0.423 e. The van der Waals surface area contributed by atoms with Gasteiger partial charge in [-0.15, -0.1) is 0 Å². The standard InChI is InChI=1S/C12H8FNO2.C12H10FN.C6H6BFO2.C6H4BrNO2.CH4/c13-11-5-1-3-9(7-11)10-4-2-6-12(8-10)14(15)16;13-11-5-1-3-9(7-11)10-4-2-6-12(14)8-10;8-6-3-1-2-5(4-6)7(9)10;7-5-2-1-3-6(4-5)8(9)10;/h1-8H;1-8H,14H2;1-4,9-10H;1-4H;1H4. The quantitative estimate of drug-likeness (QED) is 0.0686. The Bertz CT molecular complexity index is 2010. The van der Waals surface area contributed by atoms with Crippen LogP contribution in [-0.2, 0) is 0 Å². The fourth-order valence-electron chi connectivity index (χ4n) is 4.11. The van der Waals surface area contributed by atoms with Gasteiger partial charge in [-0.1, -0.05) is 90.1 Å². The molecule has 0 heterocycles. The van der Waals surface area contributed by atoms with E-state index in [-0.39, 0.29) is 35.9 Å². The normalized spacial score (nSPS) is 9.61. The zero-order valence-electron chi connectivity index (χ0n) is 25.9. The van der Waals surface area contributed by atoms with E-state index in [0.717, 1.165) is 21.7 Å². The van der Waals surface area contributed by atoms with Gasteiger partial charge < -0.3 is 15.8 Å². The fraction of sp³-hybridized carbons (Fsp3) is 0.0270. The molecule has 0 bridgehead atoms. The molecule has 0 aliphatic rings. The second-order valence-electron chi connectivity index (χ2n) is 10.1. The highest BCUT2D eigenvalue weighted by Crippen LogP contribution is 2.24. The highest BCUT2D eigenvalue weighted by atomic mass is 79.9. The summed E-state index contributed by atoms with van der Waals surface area (Å²) in [6.07, 6.45) is 0. The van der Waals surface area contributed by atoms with Gasteiger partial charge in [0, 0.05) is 34.4 Å². The molecule has 0 radical (unpaired) electrons. The predicted molar refractivity (Wildman–Crippen MR) is 198 cm³/mol. The van der Waals surface area contributed by atoms with Gasteiger partial charge in [-0.3, -0.25) is 20.2 Å². The van der Waals surface area contributed by atoms with Gasteiger partial charge in [0.1, 0.15) is 17.5 Å². The Kier molecular flexibility index (Phi) is 16.7. The van der Waals surface area contributed by atoms with Crippen molar-refractivity contribution in [2.24, 2.45) is 0 Å².